The van der Waals surface area contributed by atoms with Gasteiger partial charge in [-0.15, -0.1) is 0 Å². The molecule has 0 saturated heterocycles. The maximum absolute atomic E-state index is 14.7. The van der Waals surface area contributed by atoms with E-state index in [0.717, 1.165) is 0 Å². The SMILES string of the molecule is CSCC[C@H](NC(=O)[C@@H](NC(=O)CNC(=O)[C@H](CC(C)C)NC(=O)[C@H](CCCCN)NC(=O)[C@H](CCCCN)NC(=O)[C@H](CC(C)C)NC(=O)[C@H](CCSC)NC(=O)[C@@H](NC(=O)[C@H](CCCCN)NC(=O)[C@H](Cc1ccccc1)NC(=O)[C@H](CC(C)C)NC(=O)[C@H](C)N)[C@@H](C)O)[C@@H](C)O)C(=O)N[C@@H](C)C(=O)N[C@@H](CC(C)C)C(N)=O. The molecule has 1 rings (SSSR count). The smallest absolute Gasteiger partial charge is 0.245 e. The molecule has 0 heterocycles. The molecule has 36 nitrogen and oxygen atoms in total. The molecule has 0 bridgehead atoms. The lowest BCUT2D eigenvalue weighted by molar-refractivity contribution is -0.137. The van der Waals surface area contributed by atoms with Crippen molar-refractivity contribution in [2.24, 2.45) is 52.3 Å². The fourth-order valence-corrected chi connectivity index (χ4v) is 12.8. The van der Waals surface area contributed by atoms with Gasteiger partial charge in [0.2, 0.25) is 88.6 Å². The molecule has 0 aliphatic rings. The number of primary amides is 1. The Balaban J connectivity index is 3.57. The van der Waals surface area contributed by atoms with Crippen molar-refractivity contribution in [1.82, 2.24) is 74.4 Å². The van der Waals surface area contributed by atoms with Crippen LogP contribution in [0, 0.1) is 23.7 Å². The quantitative estimate of drug-likeness (QED) is 0.0296. The highest BCUT2D eigenvalue weighted by Gasteiger charge is 2.39. The second-order valence-electron chi connectivity index (χ2n) is 30.9. The number of rotatable bonds is 59. The summed E-state index contributed by atoms with van der Waals surface area (Å²) in [6.07, 6.45) is 2.96. The largest absolute Gasteiger partial charge is 0.391 e. The zero-order valence-electron chi connectivity index (χ0n) is 69.7. The van der Waals surface area contributed by atoms with Crippen LogP contribution in [0.1, 0.15) is 185 Å². The van der Waals surface area contributed by atoms with Crippen molar-refractivity contribution >= 4 is 112 Å². The number of hydrogen-bond acceptors (Lipinski definition) is 23. The van der Waals surface area contributed by atoms with E-state index in [2.05, 4.69) is 74.4 Å². The first kappa shape index (κ1) is 105. The molecular weight excluding hydrogens is 1530 g/mol. The van der Waals surface area contributed by atoms with Crippen molar-refractivity contribution in [3.8, 4) is 0 Å². The first-order chi connectivity index (χ1) is 54.1. The van der Waals surface area contributed by atoms with E-state index in [1.165, 1.54) is 51.2 Å². The number of nitrogens with two attached hydrogens (primary N) is 5. The van der Waals surface area contributed by atoms with Crippen molar-refractivity contribution in [3.63, 3.8) is 0 Å². The Morgan fingerprint density at radius 2 is 0.652 bits per heavy atom. The molecule has 15 amide bonds. The van der Waals surface area contributed by atoms with Crippen LogP contribution in [-0.4, -0.2) is 246 Å². The summed E-state index contributed by atoms with van der Waals surface area (Å²) in [5.74, 6) is -12.3. The third kappa shape index (κ3) is 42.4. The summed E-state index contributed by atoms with van der Waals surface area (Å²) in [4.78, 5) is 208. The topological polar surface area (TPSA) is 595 Å². The average molecular weight is 1670 g/mol. The predicted molar refractivity (Wildman–Crippen MR) is 443 cm³/mol. The summed E-state index contributed by atoms with van der Waals surface area (Å²) in [5, 5.41) is 58.6. The third-order valence-corrected chi connectivity index (χ3v) is 19.6. The summed E-state index contributed by atoms with van der Waals surface area (Å²) in [6.45, 7) is 19.6. The van der Waals surface area contributed by atoms with Crippen LogP contribution in [0.15, 0.2) is 30.3 Å². The third-order valence-electron chi connectivity index (χ3n) is 18.3. The molecule has 1 aromatic carbocycles. The Hall–Kier alpha value is -8.27. The molecule has 0 aliphatic carbocycles. The number of carbonyl (C=O) groups is 15. The zero-order chi connectivity index (χ0) is 87.2. The van der Waals surface area contributed by atoms with Gasteiger partial charge in [-0.05, 0) is 197 Å². The fourth-order valence-electron chi connectivity index (χ4n) is 11.9. The molecular formula is C77H137N19O17S2. The standard InChI is InChI=1S/C77H137N19O17S2/c1-42(2)36-56(64(82)100)90-66(102)47(10)84-68(104)54(29-34-114-13)88-76(112)62(48(11)97)95-61(99)41-83-67(103)57(37-43(3)4)92-70(106)52(27-19-22-32-79)85-69(105)51(26-18-21-31-78)86-73(109)59(39-45(7)8)93-71(107)55(30-35-115-14)89-77(113)63(49(12)98)96-72(108)53(28-20-23-33-80)87-75(111)60(40-50-24-16-15-17-25-50)94-74(110)58(38-44(5)6)91-65(101)46(9)81/h15-17,24-25,42-49,51-60,62-63,97-98H,18-23,26-41,78-81H2,1-14H3,(H2,82,100)(H,83,103)(H,84,104)(H,85,105)(H,86,109)(H,87,111)(H,88,112)(H,89,113)(H,90,102)(H,91,101)(H,92,106)(H,93,107)(H,94,110)(H,95,99)(H,96,108)/t46-,47-,48+,49+,51-,52-,53-,54-,55-,56-,57-,58-,59-,60-,62-,63-/m0/s1. The number of nitrogens with one attached hydrogen (secondary N) is 14. The van der Waals surface area contributed by atoms with Crippen LogP contribution in [0.4, 0.5) is 0 Å². The van der Waals surface area contributed by atoms with Crippen molar-refractivity contribution in [2.75, 3.05) is 50.2 Å². The van der Waals surface area contributed by atoms with Gasteiger partial charge < -0.3 is 113 Å². The molecule has 0 spiro atoms. The van der Waals surface area contributed by atoms with Crippen LogP contribution < -0.4 is 103 Å². The van der Waals surface area contributed by atoms with Crippen molar-refractivity contribution in [1.29, 1.82) is 0 Å². The molecule has 0 aliphatic heterocycles. The highest BCUT2D eigenvalue weighted by molar-refractivity contribution is 7.98. The molecule has 38 heteroatoms. The van der Waals surface area contributed by atoms with Crippen LogP contribution in [0.3, 0.4) is 0 Å². The van der Waals surface area contributed by atoms with Gasteiger partial charge in [0.1, 0.15) is 78.5 Å². The van der Waals surface area contributed by atoms with Gasteiger partial charge in [0.25, 0.3) is 0 Å². The Morgan fingerprint density at radius 1 is 0.348 bits per heavy atom. The second-order valence-corrected chi connectivity index (χ2v) is 32.9. The average Bonchev–Trinajstić information content (AvgIpc) is 0.859. The maximum atomic E-state index is 14.7. The minimum atomic E-state index is -1.74. The Kier molecular flexibility index (Phi) is 51.8. The molecule has 16 atom stereocenters. The summed E-state index contributed by atoms with van der Waals surface area (Å²) in [5.41, 5.74) is 29.5. The van der Waals surface area contributed by atoms with Crippen LogP contribution in [0.2, 0.25) is 0 Å². The van der Waals surface area contributed by atoms with E-state index >= 15 is 0 Å². The molecule has 654 valence electrons. The summed E-state index contributed by atoms with van der Waals surface area (Å²) in [7, 11) is 0. The van der Waals surface area contributed by atoms with E-state index < -0.39 is 192 Å². The Labute approximate surface area is 686 Å². The molecule has 0 saturated carbocycles. The van der Waals surface area contributed by atoms with Crippen LogP contribution in [-0.2, 0) is 78.3 Å². The number of hydrogen-bond donors (Lipinski definition) is 21. The molecule has 0 aromatic heterocycles. The fraction of sp³-hybridized carbons (Fsp3) is 0.727. The number of benzene rings is 1. The van der Waals surface area contributed by atoms with Gasteiger partial charge in [-0.1, -0.05) is 85.7 Å². The van der Waals surface area contributed by atoms with Gasteiger partial charge in [0.15, 0.2) is 0 Å². The summed E-state index contributed by atoms with van der Waals surface area (Å²) < 4.78 is 0. The van der Waals surface area contributed by atoms with E-state index in [9.17, 15) is 82.1 Å². The first-order valence-electron chi connectivity index (χ1n) is 39.9. The maximum Gasteiger partial charge on any atom is 0.245 e. The Bertz CT molecular complexity index is 3230. The highest BCUT2D eigenvalue weighted by atomic mass is 32.2. The monoisotopic (exact) mass is 1660 g/mol. The lowest BCUT2D eigenvalue weighted by atomic mass is 10.00. The number of aliphatic hydroxyl groups is 2. The summed E-state index contributed by atoms with van der Waals surface area (Å²) >= 11 is 2.68. The van der Waals surface area contributed by atoms with E-state index in [0.29, 0.717) is 49.8 Å². The Morgan fingerprint density at radius 3 is 1.02 bits per heavy atom. The molecule has 26 N–H and O–H groups in total. The lowest BCUT2D eigenvalue weighted by Crippen LogP contribution is -2.62. The number of amides is 15. The van der Waals surface area contributed by atoms with Gasteiger partial charge >= 0.3 is 0 Å². The number of aliphatic hydroxyl groups excluding tert-OH is 2. The molecule has 0 fully saturated rings. The molecule has 115 heavy (non-hydrogen) atoms. The van der Waals surface area contributed by atoms with Gasteiger partial charge in [0.05, 0.1) is 24.8 Å². The number of carbonyl (C=O) groups excluding carboxylic acids is 15. The normalized spacial score (nSPS) is 15.6. The predicted octanol–water partition coefficient (Wildman–Crippen LogP) is -2.66. The summed E-state index contributed by atoms with van der Waals surface area (Å²) in [6, 6.07) is -9.59. The van der Waals surface area contributed by atoms with Gasteiger partial charge in [-0.3, -0.25) is 71.9 Å². The molecule has 0 radical (unpaired) electrons. The first-order valence-corrected chi connectivity index (χ1v) is 42.7. The van der Waals surface area contributed by atoms with Crippen LogP contribution in [0.25, 0.3) is 0 Å². The van der Waals surface area contributed by atoms with E-state index in [-0.39, 0.29) is 113 Å². The van der Waals surface area contributed by atoms with Crippen molar-refractivity contribution in [3.05, 3.63) is 35.9 Å². The molecule has 1 aromatic rings. The number of unbranched alkanes of at least 4 members (excludes halogenated alkanes) is 3. The second kappa shape index (κ2) is 56.9. The van der Waals surface area contributed by atoms with E-state index in [4.69, 9.17) is 28.7 Å². The zero-order valence-corrected chi connectivity index (χ0v) is 71.3. The minimum absolute atomic E-state index is 0.000367. The minimum Gasteiger partial charge on any atom is -0.391 e. The van der Waals surface area contributed by atoms with Crippen LogP contribution in [0.5, 0.6) is 0 Å². The van der Waals surface area contributed by atoms with Gasteiger partial charge in [-0.25, -0.2) is 0 Å². The van der Waals surface area contributed by atoms with Gasteiger partial charge in [-0.2, -0.15) is 23.5 Å². The number of thioether (sulfide) groups is 2. The lowest BCUT2D eigenvalue weighted by Gasteiger charge is -2.29. The van der Waals surface area contributed by atoms with E-state index in [1.54, 1.807) is 70.5 Å². The van der Waals surface area contributed by atoms with E-state index in [1.807, 2.05) is 27.7 Å². The van der Waals surface area contributed by atoms with Crippen molar-refractivity contribution in [2.45, 2.75) is 283 Å². The van der Waals surface area contributed by atoms with Crippen molar-refractivity contribution < 1.29 is 82.1 Å². The van der Waals surface area contributed by atoms with Gasteiger partial charge in [0, 0.05) is 6.42 Å². The highest BCUT2D eigenvalue weighted by Crippen LogP contribution is 2.16. The molecule has 0 unspecified atom stereocenters. The van der Waals surface area contributed by atoms with Crippen LogP contribution >= 0.6 is 23.5 Å².